The first kappa shape index (κ1) is 23.9. The summed E-state index contributed by atoms with van der Waals surface area (Å²) >= 11 is 0. The van der Waals surface area contributed by atoms with Crippen LogP contribution in [0.1, 0.15) is 85.6 Å². The first-order valence-corrected chi connectivity index (χ1v) is 10.9. The molecule has 0 saturated heterocycles. The highest BCUT2D eigenvalue weighted by atomic mass is 19.2. The molecule has 0 N–H and O–H groups in total. The summed E-state index contributed by atoms with van der Waals surface area (Å²) in [4.78, 5) is 0. The Morgan fingerprint density at radius 1 is 0.778 bits per heavy atom. The number of halogens is 2. The SMILES string of the molecule is CCOc1ccc(CCC(C)CCC(C)C(C)CCC(C)CC)c(F)c1F. The number of hydrogen-bond acceptors (Lipinski definition) is 1. The highest BCUT2D eigenvalue weighted by Gasteiger charge is 2.17. The molecule has 0 heterocycles. The van der Waals surface area contributed by atoms with Crippen LogP contribution < -0.4 is 4.74 Å². The predicted octanol–water partition coefficient (Wildman–Crippen LogP) is 7.81. The maximum absolute atomic E-state index is 14.2. The van der Waals surface area contributed by atoms with Gasteiger partial charge in [-0.15, -0.1) is 0 Å². The molecule has 0 radical (unpaired) electrons. The van der Waals surface area contributed by atoms with E-state index in [2.05, 4.69) is 34.6 Å². The van der Waals surface area contributed by atoms with E-state index >= 15 is 0 Å². The minimum absolute atomic E-state index is 0.00648. The van der Waals surface area contributed by atoms with Crippen LogP contribution in [-0.2, 0) is 6.42 Å². The summed E-state index contributed by atoms with van der Waals surface area (Å²) in [6.07, 6.45) is 7.72. The zero-order valence-electron chi connectivity index (χ0n) is 18.3. The van der Waals surface area contributed by atoms with Crippen molar-refractivity contribution in [3.05, 3.63) is 29.3 Å². The van der Waals surface area contributed by atoms with E-state index < -0.39 is 11.6 Å². The molecule has 1 nitrogen and oxygen atoms in total. The van der Waals surface area contributed by atoms with Crippen LogP contribution in [0.25, 0.3) is 0 Å². The van der Waals surface area contributed by atoms with Crippen molar-refractivity contribution in [1.82, 2.24) is 0 Å². The quantitative estimate of drug-likeness (QED) is 0.338. The number of aryl methyl sites for hydroxylation is 1. The van der Waals surface area contributed by atoms with Crippen LogP contribution in [0.4, 0.5) is 8.78 Å². The van der Waals surface area contributed by atoms with E-state index in [1.807, 2.05) is 0 Å². The Morgan fingerprint density at radius 3 is 1.93 bits per heavy atom. The van der Waals surface area contributed by atoms with Crippen LogP contribution in [0.2, 0.25) is 0 Å². The molecule has 1 aromatic carbocycles. The van der Waals surface area contributed by atoms with Gasteiger partial charge in [-0.2, -0.15) is 4.39 Å². The normalized spacial score (nSPS) is 16.0. The van der Waals surface area contributed by atoms with Gasteiger partial charge in [-0.25, -0.2) is 4.39 Å². The van der Waals surface area contributed by atoms with Crippen molar-refractivity contribution in [3.8, 4) is 5.75 Å². The minimum Gasteiger partial charge on any atom is -0.491 e. The van der Waals surface area contributed by atoms with E-state index in [1.165, 1.54) is 25.7 Å². The molecule has 0 amide bonds. The maximum atomic E-state index is 14.2. The first-order chi connectivity index (χ1) is 12.8. The molecule has 1 rings (SSSR count). The van der Waals surface area contributed by atoms with Gasteiger partial charge in [-0.05, 0) is 55.1 Å². The highest BCUT2D eigenvalue weighted by molar-refractivity contribution is 5.31. The second-order valence-corrected chi connectivity index (χ2v) is 8.55. The van der Waals surface area contributed by atoms with Crippen molar-refractivity contribution in [2.75, 3.05) is 6.61 Å². The van der Waals surface area contributed by atoms with Gasteiger partial charge in [-0.3, -0.25) is 0 Å². The third kappa shape index (κ3) is 8.19. The molecule has 4 unspecified atom stereocenters. The Hall–Kier alpha value is -1.12. The molecule has 1 aromatic rings. The topological polar surface area (TPSA) is 9.23 Å². The van der Waals surface area contributed by atoms with E-state index in [9.17, 15) is 8.78 Å². The van der Waals surface area contributed by atoms with Crippen molar-refractivity contribution in [2.24, 2.45) is 23.7 Å². The number of ether oxygens (including phenoxy) is 1. The molecule has 0 spiro atoms. The number of benzene rings is 1. The maximum Gasteiger partial charge on any atom is 0.200 e. The summed E-state index contributed by atoms with van der Waals surface area (Å²) < 4.78 is 33.3. The van der Waals surface area contributed by atoms with Gasteiger partial charge in [0.1, 0.15) is 0 Å². The average Bonchev–Trinajstić information content (AvgIpc) is 2.66. The minimum atomic E-state index is -0.856. The summed E-state index contributed by atoms with van der Waals surface area (Å²) in [5.74, 6) is 1.21. The molecule has 0 bridgehead atoms. The fourth-order valence-electron chi connectivity index (χ4n) is 3.45. The molecule has 0 aromatic heterocycles. The fourth-order valence-corrected chi connectivity index (χ4v) is 3.45. The van der Waals surface area contributed by atoms with Gasteiger partial charge in [0.25, 0.3) is 0 Å². The zero-order chi connectivity index (χ0) is 20.4. The molecule has 0 fully saturated rings. The van der Waals surface area contributed by atoms with Gasteiger partial charge < -0.3 is 4.74 Å². The molecule has 0 saturated carbocycles. The Bertz CT molecular complexity index is 543. The summed E-state index contributed by atoms with van der Waals surface area (Å²) in [6.45, 7) is 13.6. The van der Waals surface area contributed by atoms with Crippen molar-refractivity contribution in [3.63, 3.8) is 0 Å². The fraction of sp³-hybridized carbons (Fsp3) is 0.750. The van der Waals surface area contributed by atoms with Crippen LogP contribution >= 0.6 is 0 Å². The molecular formula is C24H40F2O. The summed E-state index contributed by atoms with van der Waals surface area (Å²) in [5, 5.41) is 0. The second-order valence-electron chi connectivity index (χ2n) is 8.55. The Balaban J connectivity index is 2.40. The van der Waals surface area contributed by atoms with Gasteiger partial charge >= 0.3 is 0 Å². The molecule has 156 valence electrons. The van der Waals surface area contributed by atoms with Crippen LogP contribution in [0.15, 0.2) is 12.1 Å². The Morgan fingerprint density at radius 2 is 1.37 bits per heavy atom. The lowest BCUT2D eigenvalue weighted by atomic mass is 9.83. The van der Waals surface area contributed by atoms with E-state index in [0.717, 1.165) is 30.6 Å². The van der Waals surface area contributed by atoms with Gasteiger partial charge in [0, 0.05) is 0 Å². The average molecular weight is 383 g/mol. The van der Waals surface area contributed by atoms with Crippen LogP contribution in [0.3, 0.4) is 0 Å². The Labute approximate surface area is 165 Å². The summed E-state index contributed by atoms with van der Waals surface area (Å²) in [6, 6.07) is 3.21. The van der Waals surface area contributed by atoms with E-state index in [1.54, 1.807) is 19.1 Å². The van der Waals surface area contributed by atoms with Crippen LogP contribution in [-0.4, -0.2) is 6.61 Å². The van der Waals surface area contributed by atoms with Crippen molar-refractivity contribution < 1.29 is 13.5 Å². The van der Waals surface area contributed by atoms with Crippen molar-refractivity contribution >= 4 is 0 Å². The molecular weight excluding hydrogens is 342 g/mol. The zero-order valence-corrected chi connectivity index (χ0v) is 18.3. The number of hydrogen-bond donors (Lipinski definition) is 0. The van der Waals surface area contributed by atoms with E-state index in [4.69, 9.17) is 4.74 Å². The third-order valence-electron chi connectivity index (χ3n) is 6.23. The van der Waals surface area contributed by atoms with Crippen molar-refractivity contribution in [1.29, 1.82) is 0 Å². The van der Waals surface area contributed by atoms with Crippen molar-refractivity contribution in [2.45, 2.75) is 86.5 Å². The summed E-state index contributed by atoms with van der Waals surface area (Å²) in [7, 11) is 0. The molecule has 0 aliphatic rings. The lowest BCUT2D eigenvalue weighted by molar-refractivity contribution is 0.291. The van der Waals surface area contributed by atoms with E-state index in [0.29, 0.717) is 24.5 Å². The van der Waals surface area contributed by atoms with E-state index in [-0.39, 0.29) is 5.75 Å². The Kier molecular flexibility index (Phi) is 10.9. The monoisotopic (exact) mass is 382 g/mol. The first-order valence-electron chi connectivity index (χ1n) is 10.9. The molecule has 0 aliphatic carbocycles. The summed E-state index contributed by atoms with van der Waals surface area (Å²) in [5.41, 5.74) is 0.456. The van der Waals surface area contributed by atoms with Gasteiger partial charge in [0.05, 0.1) is 6.61 Å². The second kappa shape index (κ2) is 12.4. The van der Waals surface area contributed by atoms with Gasteiger partial charge in [0.2, 0.25) is 5.82 Å². The van der Waals surface area contributed by atoms with Crippen LogP contribution in [0.5, 0.6) is 5.75 Å². The largest absolute Gasteiger partial charge is 0.491 e. The molecule has 0 aliphatic heterocycles. The highest BCUT2D eigenvalue weighted by Crippen LogP contribution is 2.28. The predicted molar refractivity (Wildman–Crippen MR) is 111 cm³/mol. The standard InChI is InChI=1S/C24H40F2O/c1-7-17(3)9-12-19(5)20(6)13-10-18(4)11-14-21-15-16-22(27-8-2)24(26)23(21)25/h15-20H,7-14H2,1-6H3. The molecule has 27 heavy (non-hydrogen) atoms. The lowest BCUT2D eigenvalue weighted by Gasteiger charge is -2.23. The van der Waals surface area contributed by atoms with Gasteiger partial charge in [0.15, 0.2) is 11.6 Å². The lowest BCUT2D eigenvalue weighted by Crippen LogP contribution is -2.11. The smallest absolute Gasteiger partial charge is 0.200 e. The third-order valence-corrected chi connectivity index (χ3v) is 6.23. The van der Waals surface area contributed by atoms with Crippen LogP contribution in [0, 0.1) is 35.3 Å². The molecule has 3 heteroatoms. The number of rotatable bonds is 13. The molecule has 4 atom stereocenters. The van der Waals surface area contributed by atoms with Gasteiger partial charge in [-0.1, -0.05) is 72.8 Å².